The van der Waals surface area contributed by atoms with Crippen molar-refractivity contribution in [3.63, 3.8) is 0 Å². The highest BCUT2D eigenvalue weighted by molar-refractivity contribution is 5.56. The summed E-state index contributed by atoms with van der Waals surface area (Å²) >= 11 is 0. The monoisotopic (exact) mass is 273 g/mol. The minimum atomic E-state index is -0.329. The highest BCUT2D eigenvalue weighted by Crippen LogP contribution is 2.31. The molecule has 0 spiro atoms. The number of rotatable bonds is 5. The number of nitrogens with two attached hydrogens (primary N) is 1. The van der Waals surface area contributed by atoms with Gasteiger partial charge in [0.2, 0.25) is 5.88 Å². The first-order valence-electron chi connectivity index (χ1n) is 6.48. The van der Waals surface area contributed by atoms with E-state index < -0.39 is 0 Å². The van der Waals surface area contributed by atoms with Gasteiger partial charge in [0, 0.05) is 12.6 Å². The van der Waals surface area contributed by atoms with Crippen molar-refractivity contribution in [1.82, 2.24) is 4.57 Å². The molecule has 0 fully saturated rings. The van der Waals surface area contributed by atoms with Crippen LogP contribution in [0.25, 0.3) is 0 Å². The maximum atomic E-state index is 12.9. The van der Waals surface area contributed by atoms with Crippen LogP contribution in [0.4, 0.5) is 10.1 Å². The predicted octanol–water partition coefficient (Wildman–Crippen LogP) is 3.67. The van der Waals surface area contributed by atoms with Gasteiger partial charge in [0.15, 0.2) is 0 Å². The summed E-state index contributed by atoms with van der Waals surface area (Å²) in [4.78, 5) is 0. The van der Waals surface area contributed by atoms with Gasteiger partial charge in [-0.1, -0.05) is 13.3 Å². The number of hydrogen-bond acceptors (Lipinski definition) is 3. The summed E-state index contributed by atoms with van der Waals surface area (Å²) in [7, 11) is 0. The lowest BCUT2D eigenvalue weighted by Gasteiger charge is -2.11. The highest BCUT2D eigenvalue weighted by atomic mass is 19.1. The Morgan fingerprint density at radius 3 is 2.65 bits per heavy atom. The summed E-state index contributed by atoms with van der Waals surface area (Å²) in [6.45, 7) is 2.73. The molecule has 0 bridgehead atoms. The van der Waals surface area contributed by atoms with Gasteiger partial charge in [-0.3, -0.25) is 0 Å². The molecule has 0 saturated carbocycles. The first-order chi connectivity index (χ1) is 9.65. The van der Waals surface area contributed by atoms with Crippen molar-refractivity contribution in [3.8, 4) is 17.7 Å². The van der Waals surface area contributed by atoms with Gasteiger partial charge < -0.3 is 15.0 Å². The Kier molecular flexibility index (Phi) is 4.26. The van der Waals surface area contributed by atoms with Crippen molar-refractivity contribution < 1.29 is 9.13 Å². The third kappa shape index (κ3) is 2.91. The van der Waals surface area contributed by atoms with Crippen molar-refractivity contribution in [1.29, 1.82) is 5.26 Å². The van der Waals surface area contributed by atoms with Crippen LogP contribution < -0.4 is 10.5 Å². The zero-order chi connectivity index (χ0) is 14.5. The molecule has 104 valence electrons. The minimum Gasteiger partial charge on any atom is -0.439 e. The van der Waals surface area contributed by atoms with E-state index in [2.05, 4.69) is 13.0 Å². The van der Waals surface area contributed by atoms with Gasteiger partial charge in [-0.2, -0.15) is 5.26 Å². The number of nitriles is 1. The Bertz CT molecular complexity index is 626. The van der Waals surface area contributed by atoms with Gasteiger partial charge in [0.25, 0.3) is 0 Å². The Labute approximate surface area is 117 Å². The summed E-state index contributed by atoms with van der Waals surface area (Å²) < 4.78 is 20.3. The quantitative estimate of drug-likeness (QED) is 0.903. The Morgan fingerprint density at radius 1 is 1.35 bits per heavy atom. The molecule has 2 aromatic rings. The molecular weight excluding hydrogens is 257 g/mol. The largest absolute Gasteiger partial charge is 0.439 e. The number of nitrogen functional groups attached to an aromatic ring is 1. The standard InChI is InChI=1S/C15H16FN3O/c1-2-3-8-19-12(10-17)9-14(18)15(19)20-13-6-4-11(16)5-7-13/h4-7,9H,2-3,8,18H2,1H3. The van der Waals surface area contributed by atoms with Crippen LogP contribution in [0.2, 0.25) is 0 Å². The molecule has 0 aliphatic rings. The van der Waals surface area contributed by atoms with Gasteiger partial charge in [-0.15, -0.1) is 0 Å². The van der Waals surface area contributed by atoms with Crippen LogP contribution in [-0.2, 0) is 6.54 Å². The second-order valence-electron chi connectivity index (χ2n) is 4.46. The van der Waals surface area contributed by atoms with E-state index in [0.717, 1.165) is 12.8 Å². The smallest absolute Gasteiger partial charge is 0.224 e. The Hall–Kier alpha value is -2.48. The van der Waals surface area contributed by atoms with Crippen molar-refractivity contribution in [2.75, 3.05) is 5.73 Å². The summed E-state index contributed by atoms with van der Waals surface area (Å²) in [5.74, 6) is 0.587. The zero-order valence-electron chi connectivity index (χ0n) is 11.3. The van der Waals surface area contributed by atoms with Gasteiger partial charge in [-0.05, 0) is 30.7 Å². The van der Waals surface area contributed by atoms with Crippen molar-refractivity contribution in [2.45, 2.75) is 26.3 Å². The number of unbranched alkanes of at least 4 members (excludes halogenated alkanes) is 1. The zero-order valence-corrected chi connectivity index (χ0v) is 11.3. The third-order valence-electron chi connectivity index (χ3n) is 2.95. The van der Waals surface area contributed by atoms with E-state index in [1.165, 1.54) is 24.3 Å². The lowest BCUT2D eigenvalue weighted by Crippen LogP contribution is -2.03. The summed E-state index contributed by atoms with van der Waals surface area (Å²) in [5, 5.41) is 9.13. The molecule has 2 N–H and O–H groups in total. The Morgan fingerprint density at radius 2 is 2.05 bits per heavy atom. The number of anilines is 1. The number of hydrogen-bond donors (Lipinski definition) is 1. The van der Waals surface area contributed by atoms with Crippen molar-refractivity contribution >= 4 is 5.69 Å². The van der Waals surface area contributed by atoms with Crippen LogP contribution in [0.5, 0.6) is 11.6 Å². The molecule has 0 saturated heterocycles. The molecule has 0 radical (unpaired) electrons. The van der Waals surface area contributed by atoms with E-state index in [4.69, 9.17) is 15.7 Å². The predicted molar refractivity (Wildman–Crippen MR) is 74.9 cm³/mol. The molecule has 0 unspecified atom stereocenters. The maximum Gasteiger partial charge on any atom is 0.224 e. The van der Waals surface area contributed by atoms with Crippen molar-refractivity contribution in [3.05, 3.63) is 41.8 Å². The second-order valence-corrected chi connectivity index (χ2v) is 4.46. The highest BCUT2D eigenvalue weighted by Gasteiger charge is 2.15. The summed E-state index contributed by atoms with van der Waals surface area (Å²) in [5.41, 5.74) is 6.77. The summed E-state index contributed by atoms with van der Waals surface area (Å²) in [6.07, 6.45) is 1.92. The minimum absolute atomic E-state index is 0.329. The molecule has 4 nitrogen and oxygen atoms in total. The van der Waals surface area contributed by atoms with Gasteiger partial charge in [0.05, 0.1) is 5.69 Å². The van der Waals surface area contributed by atoms with E-state index in [1.54, 1.807) is 10.6 Å². The topological polar surface area (TPSA) is 64.0 Å². The molecule has 20 heavy (non-hydrogen) atoms. The van der Waals surface area contributed by atoms with E-state index in [0.29, 0.717) is 29.6 Å². The Balaban J connectivity index is 2.32. The number of aromatic nitrogens is 1. The number of benzene rings is 1. The second kappa shape index (κ2) is 6.11. The van der Waals surface area contributed by atoms with Crippen LogP contribution in [0.1, 0.15) is 25.5 Å². The molecule has 2 rings (SSSR count). The van der Waals surface area contributed by atoms with Crippen molar-refractivity contribution in [2.24, 2.45) is 0 Å². The van der Waals surface area contributed by atoms with E-state index in [1.807, 2.05) is 0 Å². The fourth-order valence-electron chi connectivity index (χ4n) is 1.91. The lowest BCUT2D eigenvalue weighted by atomic mass is 10.3. The molecule has 1 aromatic carbocycles. The number of nitrogens with zero attached hydrogens (tertiary/aromatic N) is 2. The van der Waals surface area contributed by atoms with E-state index in [9.17, 15) is 4.39 Å². The van der Waals surface area contributed by atoms with Gasteiger partial charge in [-0.25, -0.2) is 4.39 Å². The average Bonchev–Trinajstić information content (AvgIpc) is 2.75. The van der Waals surface area contributed by atoms with Crippen LogP contribution in [0.15, 0.2) is 30.3 Å². The third-order valence-corrected chi connectivity index (χ3v) is 2.95. The average molecular weight is 273 g/mol. The van der Waals surface area contributed by atoms with E-state index in [-0.39, 0.29) is 5.82 Å². The fraction of sp³-hybridized carbons (Fsp3) is 0.267. The van der Waals surface area contributed by atoms with Gasteiger partial charge in [0.1, 0.15) is 23.3 Å². The van der Waals surface area contributed by atoms with Crippen LogP contribution in [-0.4, -0.2) is 4.57 Å². The van der Waals surface area contributed by atoms with Crippen LogP contribution in [0, 0.1) is 17.1 Å². The first-order valence-corrected chi connectivity index (χ1v) is 6.48. The number of halogens is 1. The molecule has 1 aromatic heterocycles. The molecule has 1 heterocycles. The first kappa shape index (κ1) is 13.9. The molecule has 0 aliphatic heterocycles. The molecule has 5 heteroatoms. The molecule has 0 atom stereocenters. The van der Waals surface area contributed by atoms with Crippen LogP contribution >= 0.6 is 0 Å². The van der Waals surface area contributed by atoms with Gasteiger partial charge >= 0.3 is 0 Å². The van der Waals surface area contributed by atoms with E-state index >= 15 is 0 Å². The fourth-order valence-corrected chi connectivity index (χ4v) is 1.91. The summed E-state index contributed by atoms with van der Waals surface area (Å²) in [6, 6.07) is 9.38. The maximum absolute atomic E-state index is 12.9. The normalized spacial score (nSPS) is 10.2. The molecular formula is C15H16FN3O. The van der Waals surface area contributed by atoms with Crippen LogP contribution in [0.3, 0.4) is 0 Å². The molecule has 0 aliphatic carbocycles. The SMILES string of the molecule is CCCCn1c(C#N)cc(N)c1Oc1ccc(F)cc1. The molecule has 0 amide bonds. The number of ether oxygens (including phenoxy) is 1. The lowest BCUT2D eigenvalue weighted by molar-refractivity contribution is 0.424.